The third-order valence-electron chi connectivity index (χ3n) is 2.48. The summed E-state index contributed by atoms with van der Waals surface area (Å²) >= 11 is 0. The van der Waals surface area contributed by atoms with Crippen LogP contribution < -0.4 is 5.32 Å². The van der Waals surface area contributed by atoms with E-state index in [-0.39, 0.29) is 11.8 Å². The van der Waals surface area contributed by atoms with E-state index in [2.05, 4.69) is 5.32 Å². The summed E-state index contributed by atoms with van der Waals surface area (Å²) in [5.41, 5.74) is 0.571. The first-order valence-electron chi connectivity index (χ1n) is 5.04. The van der Waals surface area contributed by atoms with Crippen LogP contribution in [-0.4, -0.2) is 20.2 Å². The minimum absolute atomic E-state index is 0.0106. The highest BCUT2D eigenvalue weighted by molar-refractivity contribution is 7.94. The van der Waals surface area contributed by atoms with Gasteiger partial charge in [-0.05, 0) is 17.7 Å². The quantitative estimate of drug-likeness (QED) is 0.891. The summed E-state index contributed by atoms with van der Waals surface area (Å²) in [6.07, 6.45) is 1.55. The molecular weight excluding hydrogens is 248 g/mol. The second-order valence-corrected chi connectivity index (χ2v) is 5.83. The van der Waals surface area contributed by atoms with Crippen molar-refractivity contribution in [3.8, 4) is 0 Å². The minimum atomic E-state index is -3.09. The first-order chi connectivity index (χ1) is 7.96. The number of hydrogen-bond acceptors (Lipinski definition) is 3. The van der Waals surface area contributed by atoms with Gasteiger partial charge >= 0.3 is 0 Å². The average Bonchev–Trinajstić information content (AvgIpc) is 2.60. The zero-order valence-corrected chi connectivity index (χ0v) is 9.68. The molecule has 1 aromatic rings. The van der Waals surface area contributed by atoms with Crippen molar-refractivity contribution in [2.75, 3.05) is 5.75 Å². The monoisotopic (exact) mass is 259 g/mol. The number of hydrogen-bond donors (Lipinski definition) is 1. The largest absolute Gasteiger partial charge is 0.305 e. The van der Waals surface area contributed by atoms with Gasteiger partial charge in [-0.15, -0.1) is 0 Å². The number of halogens is 2. The molecule has 0 radical (unpaired) electrons. The molecule has 2 rings (SSSR count). The molecule has 92 valence electrons. The van der Waals surface area contributed by atoms with E-state index in [1.54, 1.807) is 6.08 Å². The molecule has 0 saturated carbocycles. The fourth-order valence-corrected chi connectivity index (χ4v) is 2.87. The predicted octanol–water partition coefficient (Wildman–Crippen LogP) is 1.37. The predicted molar refractivity (Wildman–Crippen MR) is 59.9 cm³/mol. The molecule has 0 aliphatic carbocycles. The van der Waals surface area contributed by atoms with Gasteiger partial charge in [0.1, 0.15) is 0 Å². The Balaban J connectivity index is 1.95. The SMILES string of the molecule is O=S1(=O)C=CC(NCc2ccc(F)c(F)c2)C1. The van der Waals surface area contributed by atoms with Crippen molar-refractivity contribution in [3.05, 3.63) is 46.9 Å². The van der Waals surface area contributed by atoms with Crippen molar-refractivity contribution < 1.29 is 17.2 Å². The van der Waals surface area contributed by atoms with Crippen LogP contribution in [0.1, 0.15) is 5.56 Å². The summed E-state index contributed by atoms with van der Waals surface area (Å²) in [6, 6.07) is 3.33. The van der Waals surface area contributed by atoms with E-state index in [4.69, 9.17) is 0 Å². The molecule has 3 nitrogen and oxygen atoms in total. The first kappa shape index (κ1) is 12.2. The van der Waals surface area contributed by atoms with E-state index < -0.39 is 21.5 Å². The van der Waals surface area contributed by atoms with Crippen LogP contribution >= 0.6 is 0 Å². The van der Waals surface area contributed by atoms with Crippen molar-refractivity contribution in [3.63, 3.8) is 0 Å². The van der Waals surface area contributed by atoms with Crippen LogP contribution in [0.15, 0.2) is 29.7 Å². The van der Waals surface area contributed by atoms with Gasteiger partial charge in [-0.25, -0.2) is 17.2 Å². The van der Waals surface area contributed by atoms with Crippen LogP contribution in [0.4, 0.5) is 8.78 Å². The van der Waals surface area contributed by atoms with Crippen molar-refractivity contribution in [2.24, 2.45) is 0 Å². The summed E-state index contributed by atoms with van der Waals surface area (Å²) in [5, 5.41) is 4.11. The summed E-state index contributed by atoms with van der Waals surface area (Å²) < 4.78 is 47.8. The topological polar surface area (TPSA) is 46.2 Å². The van der Waals surface area contributed by atoms with E-state index in [9.17, 15) is 17.2 Å². The molecule has 0 spiro atoms. The van der Waals surface area contributed by atoms with Crippen molar-refractivity contribution in [1.29, 1.82) is 0 Å². The second kappa shape index (κ2) is 4.54. The van der Waals surface area contributed by atoms with Gasteiger partial charge < -0.3 is 5.32 Å². The number of benzene rings is 1. The Hall–Kier alpha value is -1.27. The highest BCUT2D eigenvalue weighted by Gasteiger charge is 2.20. The Bertz CT molecular complexity index is 555. The van der Waals surface area contributed by atoms with Gasteiger partial charge in [-0.2, -0.15) is 0 Å². The van der Waals surface area contributed by atoms with Gasteiger partial charge in [-0.1, -0.05) is 12.1 Å². The third-order valence-corrected chi connectivity index (χ3v) is 3.88. The smallest absolute Gasteiger partial charge is 0.173 e. The third kappa shape index (κ3) is 3.10. The lowest BCUT2D eigenvalue weighted by atomic mass is 10.2. The van der Waals surface area contributed by atoms with E-state index >= 15 is 0 Å². The zero-order chi connectivity index (χ0) is 12.5. The fraction of sp³-hybridized carbons (Fsp3) is 0.273. The summed E-state index contributed by atoms with van der Waals surface area (Å²) in [7, 11) is -3.09. The molecule has 17 heavy (non-hydrogen) atoms. The molecular formula is C11H11F2NO2S. The molecule has 1 aliphatic rings. The Morgan fingerprint density at radius 2 is 2.06 bits per heavy atom. The molecule has 0 amide bonds. The maximum atomic E-state index is 12.9. The molecule has 1 aromatic carbocycles. The van der Waals surface area contributed by atoms with Crippen LogP contribution in [0.3, 0.4) is 0 Å². The van der Waals surface area contributed by atoms with Crippen molar-refractivity contribution in [2.45, 2.75) is 12.6 Å². The average molecular weight is 259 g/mol. The maximum absolute atomic E-state index is 12.9. The maximum Gasteiger partial charge on any atom is 0.173 e. The number of nitrogens with one attached hydrogen (secondary N) is 1. The van der Waals surface area contributed by atoms with E-state index in [0.717, 1.165) is 17.5 Å². The second-order valence-electron chi connectivity index (χ2n) is 3.89. The van der Waals surface area contributed by atoms with Gasteiger partial charge in [0.05, 0.1) is 5.75 Å². The Morgan fingerprint density at radius 1 is 1.29 bits per heavy atom. The van der Waals surface area contributed by atoms with Crippen LogP contribution in [0.25, 0.3) is 0 Å². The summed E-state index contributed by atoms with van der Waals surface area (Å²) in [6.45, 7) is 0.293. The molecule has 0 saturated heterocycles. The molecule has 1 aliphatic heterocycles. The highest BCUT2D eigenvalue weighted by Crippen LogP contribution is 2.11. The van der Waals surface area contributed by atoms with E-state index in [1.165, 1.54) is 6.07 Å². The van der Waals surface area contributed by atoms with Crippen LogP contribution in [0, 0.1) is 11.6 Å². The van der Waals surface area contributed by atoms with Gasteiger partial charge in [0, 0.05) is 18.0 Å². The molecule has 1 atom stereocenters. The summed E-state index contributed by atoms with van der Waals surface area (Å²) in [4.78, 5) is 0. The zero-order valence-electron chi connectivity index (χ0n) is 8.86. The Morgan fingerprint density at radius 3 is 2.65 bits per heavy atom. The fourth-order valence-electron chi connectivity index (χ4n) is 1.60. The molecule has 0 bridgehead atoms. The standard InChI is InChI=1S/C11H11F2NO2S/c12-10-2-1-8(5-11(10)13)6-14-9-3-4-17(15,16)7-9/h1-5,9,14H,6-7H2. The van der Waals surface area contributed by atoms with Gasteiger partial charge in [0.2, 0.25) is 0 Å². The molecule has 6 heteroatoms. The highest BCUT2D eigenvalue weighted by atomic mass is 32.2. The van der Waals surface area contributed by atoms with Crippen LogP contribution in [0.2, 0.25) is 0 Å². The van der Waals surface area contributed by atoms with Crippen molar-refractivity contribution >= 4 is 9.84 Å². The summed E-state index contributed by atoms with van der Waals surface area (Å²) in [5.74, 6) is -1.78. The van der Waals surface area contributed by atoms with Crippen LogP contribution in [-0.2, 0) is 16.4 Å². The lowest BCUT2D eigenvalue weighted by Crippen LogP contribution is -2.29. The van der Waals surface area contributed by atoms with E-state index in [0.29, 0.717) is 12.1 Å². The first-order valence-corrected chi connectivity index (χ1v) is 6.76. The van der Waals surface area contributed by atoms with Crippen LogP contribution in [0.5, 0.6) is 0 Å². The normalized spacial score (nSPS) is 21.9. The number of rotatable bonds is 3. The van der Waals surface area contributed by atoms with Gasteiger partial charge in [-0.3, -0.25) is 0 Å². The molecule has 1 N–H and O–H groups in total. The lowest BCUT2D eigenvalue weighted by molar-refractivity contribution is 0.505. The minimum Gasteiger partial charge on any atom is -0.305 e. The van der Waals surface area contributed by atoms with Gasteiger partial charge in [0.25, 0.3) is 0 Å². The molecule has 1 heterocycles. The Kier molecular flexibility index (Phi) is 3.26. The lowest BCUT2D eigenvalue weighted by Gasteiger charge is -2.09. The molecule has 1 unspecified atom stereocenters. The molecule has 0 aromatic heterocycles. The van der Waals surface area contributed by atoms with Gasteiger partial charge in [0.15, 0.2) is 21.5 Å². The Labute approximate surface area is 98.1 Å². The van der Waals surface area contributed by atoms with E-state index in [1.807, 2.05) is 0 Å². The number of sulfone groups is 1. The van der Waals surface area contributed by atoms with Crippen molar-refractivity contribution in [1.82, 2.24) is 5.32 Å². The molecule has 0 fully saturated rings.